The quantitative estimate of drug-likeness (QED) is 0.280. The Morgan fingerprint density at radius 2 is 2.06 bits per heavy atom. The molecule has 2 saturated heterocycles. The minimum absolute atomic E-state index is 0.0126. The Labute approximate surface area is 191 Å². The maximum atomic E-state index is 13.3. The van der Waals surface area contributed by atoms with Gasteiger partial charge in [-0.05, 0) is 45.8 Å². The Hall–Kier alpha value is -2.45. The normalized spacial score (nSPS) is 29.7. The molecule has 0 radical (unpaired) electrons. The second-order valence-corrected chi connectivity index (χ2v) is 9.65. The smallest absolute Gasteiger partial charge is 0.287 e. The standard InChI is InChI=1S/C18H14BrFN5O7P/c19-17-22-11-14(25(17)16-12(26)13-10(31-16)6-30-33(28,29)32-13)23-18-21-9(5-24(18)15(11)27)7-1-3-8(20)4-2-7/h1-5,10,12-13,16,26H,6H2,(H,21,23)(H,28,29)/p-1/t10?,12?,13-,16-/m1/s1. The van der Waals surface area contributed by atoms with Crippen LogP contribution in [0.25, 0.3) is 28.2 Å². The number of aliphatic hydroxyl groups is 1. The number of fused-ring (bicyclic) bond motifs is 3. The monoisotopic (exact) mass is 540 g/mol. The van der Waals surface area contributed by atoms with E-state index < -0.39 is 43.7 Å². The predicted octanol–water partition coefficient (Wildman–Crippen LogP) is 1.08. The number of aromatic nitrogens is 5. The number of hydrogen-bond donors (Lipinski definition) is 2. The fraction of sp³-hybridized carbons (Fsp3) is 0.278. The maximum absolute atomic E-state index is 13.3. The van der Waals surface area contributed by atoms with Gasteiger partial charge >= 0.3 is 0 Å². The summed E-state index contributed by atoms with van der Waals surface area (Å²) in [5, 5.41) is 10.7. The number of imidazole rings is 2. The summed E-state index contributed by atoms with van der Waals surface area (Å²) < 4.78 is 43.0. The zero-order valence-corrected chi connectivity index (χ0v) is 18.8. The highest BCUT2D eigenvalue weighted by molar-refractivity contribution is 9.10. The molecule has 0 saturated carbocycles. The van der Waals surface area contributed by atoms with Crippen molar-refractivity contribution >= 4 is 40.7 Å². The fourth-order valence-electron chi connectivity index (χ4n) is 4.05. The summed E-state index contributed by atoms with van der Waals surface area (Å²) in [4.78, 5) is 36.5. The molecular weight excluding hydrogens is 528 g/mol. The van der Waals surface area contributed by atoms with Gasteiger partial charge in [-0.1, -0.05) is 0 Å². The molecule has 172 valence electrons. The molecule has 3 unspecified atom stereocenters. The number of H-pyrrole nitrogens is 1. The van der Waals surface area contributed by atoms with Crippen molar-refractivity contribution in [3.63, 3.8) is 0 Å². The van der Waals surface area contributed by atoms with Crippen LogP contribution in [-0.4, -0.2) is 53.9 Å². The van der Waals surface area contributed by atoms with Crippen molar-refractivity contribution in [3.8, 4) is 11.3 Å². The Balaban J connectivity index is 1.47. The molecule has 2 fully saturated rings. The number of rotatable bonds is 2. The average molecular weight is 541 g/mol. The van der Waals surface area contributed by atoms with Gasteiger partial charge in [0.15, 0.2) is 22.1 Å². The molecule has 5 heterocycles. The van der Waals surface area contributed by atoms with E-state index in [9.17, 15) is 23.7 Å². The van der Waals surface area contributed by atoms with Crippen molar-refractivity contribution in [2.75, 3.05) is 6.61 Å². The summed E-state index contributed by atoms with van der Waals surface area (Å²) in [6.45, 7) is -0.318. The van der Waals surface area contributed by atoms with Gasteiger partial charge in [0.1, 0.15) is 24.1 Å². The van der Waals surface area contributed by atoms with Gasteiger partial charge < -0.3 is 28.8 Å². The molecule has 3 aromatic heterocycles. The number of aromatic amines is 1. The van der Waals surface area contributed by atoms with E-state index in [-0.39, 0.29) is 28.3 Å². The molecule has 0 aliphatic carbocycles. The van der Waals surface area contributed by atoms with E-state index in [1.165, 1.54) is 27.3 Å². The second kappa shape index (κ2) is 7.27. The lowest BCUT2D eigenvalue weighted by Crippen LogP contribution is -2.41. The van der Waals surface area contributed by atoms with E-state index in [2.05, 4.69) is 35.4 Å². The molecule has 12 nitrogen and oxygen atoms in total. The van der Waals surface area contributed by atoms with Crippen molar-refractivity contribution in [3.05, 3.63) is 51.4 Å². The van der Waals surface area contributed by atoms with Gasteiger partial charge in [0.2, 0.25) is 5.78 Å². The zero-order chi connectivity index (χ0) is 23.1. The van der Waals surface area contributed by atoms with Crippen molar-refractivity contribution in [1.29, 1.82) is 0 Å². The Bertz CT molecular complexity index is 1520. The molecule has 1 aromatic carbocycles. The summed E-state index contributed by atoms with van der Waals surface area (Å²) in [6, 6.07) is 5.71. The third-order valence-corrected chi connectivity index (χ3v) is 7.10. The third-order valence-electron chi connectivity index (χ3n) is 5.58. The zero-order valence-electron chi connectivity index (χ0n) is 16.3. The topological polar surface area (TPSA) is 156 Å². The summed E-state index contributed by atoms with van der Waals surface area (Å²) in [5.41, 5.74) is 0.751. The summed E-state index contributed by atoms with van der Waals surface area (Å²) in [7, 11) is -4.55. The van der Waals surface area contributed by atoms with Gasteiger partial charge in [0, 0.05) is 6.20 Å². The van der Waals surface area contributed by atoms with Crippen molar-refractivity contribution in [2.45, 2.75) is 24.5 Å². The number of ether oxygens (including phenoxy) is 1. The van der Waals surface area contributed by atoms with Gasteiger partial charge in [0.05, 0.1) is 12.3 Å². The van der Waals surface area contributed by atoms with Crippen LogP contribution < -0.4 is 10.5 Å². The molecule has 6 rings (SSSR count). The second-order valence-electron chi connectivity index (χ2n) is 7.58. The third kappa shape index (κ3) is 3.29. The minimum atomic E-state index is -4.55. The molecule has 15 heteroatoms. The number of nitrogens with zero attached hydrogens (tertiary/aromatic N) is 4. The first-order chi connectivity index (χ1) is 15.7. The fourth-order valence-corrected chi connectivity index (χ4v) is 5.54. The van der Waals surface area contributed by atoms with E-state index in [0.29, 0.717) is 11.3 Å². The molecule has 2 aliphatic rings. The van der Waals surface area contributed by atoms with Crippen LogP contribution in [0.1, 0.15) is 6.23 Å². The summed E-state index contributed by atoms with van der Waals surface area (Å²) in [6.07, 6.45) is -3.07. The first kappa shape index (κ1) is 21.1. The van der Waals surface area contributed by atoms with Crippen LogP contribution in [0.3, 0.4) is 0 Å². The minimum Gasteiger partial charge on any atom is -0.756 e. The van der Waals surface area contributed by atoms with E-state index in [1.54, 1.807) is 12.1 Å². The molecule has 2 aliphatic heterocycles. The summed E-state index contributed by atoms with van der Waals surface area (Å²) in [5.74, 6) is -0.216. The number of phosphoric acid groups is 1. The van der Waals surface area contributed by atoms with E-state index in [1.807, 2.05) is 0 Å². The lowest BCUT2D eigenvalue weighted by Gasteiger charge is -2.34. The van der Waals surface area contributed by atoms with Crippen molar-refractivity contribution < 1.29 is 32.7 Å². The van der Waals surface area contributed by atoms with Gasteiger partial charge in [-0.25, -0.2) is 13.8 Å². The van der Waals surface area contributed by atoms with Crippen LogP contribution in [0.15, 0.2) is 40.0 Å². The number of hydrogen-bond acceptors (Lipinski definition) is 9. The first-order valence-corrected chi connectivity index (χ1v) is 11.9. The number of aliphatic hydroxyl groups excluding tert-OH is 1. The van der Waals surface area contributed by atoms with E-state index >= 15 is 0 Å². The molecule has 0 spiro atoms. The van der Waals surface area contributed by atoms with Gasteiger partial charge in [-0.15, -0.1) is 0 Å². The number of halogens is 2. The lowest BCUT2D eigenvalue weighted by atomic mass is 10.1. The molecule has 2 N–H and O–H groups in total. The molecule has 0 bridgehead atoms. The number of nitrogens with one attached hydrogen (secondary N) is 1. The first-order valence-electron chi connectivity index (χ1n) is 9.64. The largest absolute Gasteiger partial charge is 0.756 e. The van der Waals surface area contributed by atoms with Gasteiger partial charge in [-0.3, -0.25) is 13.9 Å². The van der Waals surface area contributed by atoms with Crippen LogP contribution in [0.2, 0.25) is 0 Å². The Morgan fingerprint density at radius 3 is 2.82 bits per heavy atom. The number of benzene rings is 1. The average Bonchev–Trinajstić information content (AvgIpc) is 3.43. The highest BCUT2D eigenvalue weighted by atomic mass is 79.9. The van der Waals surface area contributed by atoms with Crippen LogP contribution in [-0.2, 0) is 18.3 Å². The predicted molar refractivity (Wildman–Crippen MR) is 111 cm³/mol. The Kier molecular flexibility index (Phi) is 4.65. The van der Waals surface area contributed by atoms with E-state index in [0.717, 1.165) is 0 Å². The van der Waals surface area contributed by atoms with E-state index in [4.69, 9.17) is 9.26 Å². The SMILES string of the molecule is O=c1c2nc(Br)n([C@@H]3OC4COP(=O)([O-])O[C@H]4C3O)c2nc2[nH]c(-c3ccc(F)cc3)cn12. The van der Waals surface area contributed by atoms with Crippen LogP contribution in [0.5, 0.6) is 0 Å². The summed E-state index contributed by atoms with van der Waals surface area (Å²) >= 11 is 3.26. The van der Waals surface area contributed by atoms with Gasteiger partial charge in [-0.2, -0.15) is 4.98 Å². The Morgan fingerprint density at radius 1 is 1.30 bits per heavy atom. The molecule has 4 aromatic rings. The molecule has 33 heavy (non-hydrogen) atoms. The van der Waals surface area contributed by atoms with Gasteiger partial charge in [0.25, 0.3) is 13.4 Å². The molecule has 0 amide bonds. The highest BCUT2D eigenvalue weighted by Gasteiger charge is 2.51. The van der Waals surface area contributed by atoms with Crippen LogP contribution >= 0.6 is 23.8 Å². The highest BCUT2D eigenvalue weighted by Crippen LogP contribution is 2.50. The van der Waals surface area contributed by atoms with Crippen LogP contribution in [0, 0.1) is 5.82 Å². The van der Waals surface area contributed by atoms with Crippen LogP contribution in [0.4, 0.5) is 4.39 Å². The van der Waals surface area contributed by atoms with Crippen molar-refractivity contribution in [1.82, 2.24) is 23.9 Å². The lowest BCUT2D eigenvalue weighted by molar-refractivity contribution is -0.245. The van der Waals surface area contributed by atoms with Crippen molar-refractivity contribution in [2.24, 2.45) is 0 Å². The maximum Gasteiger partial charge on any atom is 0.287 e. The number of phosphoric ester groups is 1. The molecule has 5 atom stereocenters. The molecular formula is C18H13BrFN5O7P-.